The van der Waals surface area contributed by atoms with E-state index in [1.54, 1.807) is 28.8 Å². The highest BCUT2D eigenvalue weighted by Crippen LogP contribution is 2.43. The summed E-state index contributed by atoms with van der Waals surface area (Å²) in [4.78, 5) is 44.4. The lowest BCUT2D eigenvalue weighted by molar-refractivity contribution is -0.384. The zero-order valence-electron chi connectivity index (χ0n) is 19.6. The summed E-state index contributed by atoms with van der Waals surface area (Å²) in [7, 11) is 0. The number of fused-ring (bicyclic) bond motifs is 2. The molecule has 0 radical (unpaired) electrons. The van der Waals surface area contributed by atoms with Crippen LogP contribution in [0.3, 0.4) is 0 Å². The van der Waals surface area contributed by atoms with Gasteiger partial charge in [-0.3, -0.25) is 29.8 Å². The molecule has 0 aliphatic heterocycles. The number of aryl methyl sites for hydroxylation is 2. The Balaban J connectivity index is 0.000000170. The van der Waals surface area contributed by atoms with Crippen molar-refractivity contribution in [2.24, 2.45) is 0 Å². The maximum atomic E-state index is 12.1. The van der Waals surface area contributed by atoms with Crippen molar-refractivity contribution in [1.29, 1.82) is 0 Å². The van der Waals surface area contributed by atoms with Gasteiger partial charge in [0, 0.05) is 60.3 Å². The number of nitro benzene ring substituents is 2. The summed E-state index contributed by atoms with van der Waals surface area (Å²) in [5, 5.41) is 23.2. The number of nitro groups is 2. The first kappa shape index (κ1) is 25.1. The number of hydrogen-bond donors (Lipinski definition) is 0. The third-order valence-electron chi connectivity index (χ3n) is 6.24. The van der Waals surface area contributed by atoms with Crippen molar-refractivity contribution in [2.45, 2.75) is 45.7 Å². The highest BCUT2D eigenvalue weighted by Gasteiger charge is 2.27. The molecule has 0 amide bonds. The van der Waals surface area contributed by atoms with Gasteiger partial charge in [-0.05, 0) is 50.3 Å². The van der Waals surface area contributed by atoms with Gasteiger partial charge in [0.05, 0.1) is 25.9 Å². The van der Waals surface area contributed by atoms with Gasteiger partial charge in [-0.25, -0.2) is 0 Å². The van der Waals surface area contributed by atoms with E-state index >= 15 is 0 Å². The second-order valence-corrected chi connectivity index (χ2v) is 8.86. The van der Waals surface area contributed by atoms with Crippen LogP contribution >= 0.6 is 11.6 Å². The van der Waals surface area contributed by atoms with E-state index in [9.17, 15) is 29.8 Å². The average molecular weight is 511 g/mol. The Morgan fingerprint density at radius 2 is 1.28 bits per heavy atom. The van der Waals surface area contributed by atoms with Crippen LogP contribution in [0.25, 0.3) is 21.8 Å². The van der Waals surface area contributed by atoms with E-state index in [2.05, 4.69) is 0 Å². The summed E-state index contributed by atoms with van der Waals surface area (Å²) >= 11 is 5.93. The molecule has 10 nitrogen and oxygen atoms in total. The molecule has 0 unspecified atom stereocenters. The van der Waals surface area contributed by atoms with Crippen molar-refractivity contribution < 1.29 is 9.85 Å². The number of nitrogens with zero attached hydrogens (tertiary/aromatic N) is 4. The standard InChI is InChI=1S/C14H14N2O3.C11H9ClN2O3/c1-2-15-13-6-5-10(16(18)19)7-12(13)11(8-14(15)17)9-3-4-9;1-2-13-10-4-3-7(14(16)17)5-8(10)9(12)6-11(13)15/h5-9H,2-4H2,1H3;3-6H,2H2,1H3. The van der Waals surface area contributed by atoms with Gasteiger partial charge in [0.25, 0.3) is 22.5 Å². The van der Waals surface area contributed by atoms with Gasteiger partial charge >= 0.3 is 0 Å². The van der Waals surface area contributed by atoms with Crippen LogP contribution in [-0.4, -0.2) is 19.0 Å². The Kier molecular flexibility index (Phi) is 6.89. The van der Waals surface area contributed by atoms with Crippen molar-refractivity contribution >= 4 is 44.8 Å². The Morgan fingerprint density at radius 1 is 0.806 bits per heavy atom. The number of hydrogen-bond acceptors (Lipinski definition) is 6. The Morgan fingerprint density at radius 3 is 1.75 bits per heavy atom. The van der Waals surface area contributed by atoms with Crippen LogP contribution < -0.4 is 11.1 Å². The van der Waals surface area contributed by atoms with Gasteiger partial charge in [-0.2, -0.15) is 0 Å². The number of rotatable bonds is 5. The number of pyridine rings is 2. The van der Waals surface area contributed by atoms with Crippen molar-refractivity contribution in [1.82, 2.24) is 9.13 Å². The normalized spacial score (nSPS) is 12.9. The van der Waals surface area contributed by atoms with Crippen molar-refractivity contribution in [3.05, 3.63) is 100 Å². The average Bonchev–Trinajstić information content (AvgIpc) is 3.69. The van der Waals surface area contributed by atoms with Crippen LogP contribution in [0, 0.1) is 20.2 Å². The molecule has 2 aromatic heterocycles. The highest BCUT2D eigenvalue weighted by atomic mass is 35.5. The molecule has 36 heavy (non-hydrogen) atoms. The first-order chi connectivity index (χ1) is 17.2. The monoisotopic (exact) mass is 510 g/mol. The third kappa shape index (κ3) is 4.72. The zero-order valence-corrected chi connectivity index (χ0v) is 20.4. The Labute approximate surface area is 209 Å². The molecule has 0 N–H and O–H groups in total. The first-order valence-electron chi connectivity index (χ1n) is 11.5. The predicted octanol–water partition coefficient (Wildman–Crippen LogP) is 5.39. The number of halogens is 1. The SMILES string of the molecule is CCn1c(=O)cc(C2CC2)c2cc([N+](=O)[O-])ccc21.CCn1c(=O)cc(Cl)c2cc([N+](=O)[O-])ccc21. The smallest absolute Gasteiger partial charge is 0.270 e. The lowest BCUT2D eigenvalue weighted by atomic mass is 10.0. The molecule has 2 aromatic carbocycles. The molecule has 11 heteroatoms. The molecule has 1 fully saturated rings. The van der Waals surface area contributed by atoms with Gasteiger partial charge < -0.3 is 9.13 Å². The van der Waals surface area contributed by atoms with Crippen molar-refractivity contribution in [3.63, 3.8) is 0 Å². The molecule has 1 aliphatic carbocycles. The highest BCUT2D eigenvalue weighted by molar-refractivity contribution is 6.35. The molecule has 1 saturated carbocycles. The van der Waals surface area contributed by atoms with E-state index in [0.717, 1.165) is 29.3 Å². The molecule has 2 heterocycles. The largest absolute Gasteiger partial charge is 0.309 e. The maximum Gasteiger partial charge on any atom is 0.270 e. The molecule has 0 saturated heterocycles. The molecular weight excluding hydrogens is 488 g/mol. The van der Waals surface area contributed by atoms with E-state index in [-0.39, 0.29) is 27.5 Å². The number of aromatic nitrogens is 2. The predicted molar refractivity (Wildman–Crippen MR) is 138 cm³/mol. The van der Waals surface area contributed by atoms with Gasteiger partial charge in [-0.1, -0.05) is 11.6 Å². The van der Waals surface area contributed by atoms with Crippen LogP contribution in [0.5, 0.6) is 0 Å². The minimum absolute atomic E-state index is 0.0225. The van der Waals surface area contributed by atoms with Crippen LogP contribution in [0.15, 0.2) is 58.1 Å². The minimum atomic E-state index is -0.489. The third-order valence-corrected chi connectivity index (χ3v) is 6.56. The van der Waals surface area contributed by atoms with Gasteiger partial charge in [-0.15, -0.1) is 0 Å². The molecule has 0 spiro atoms. The Hall–Kier alpha value is -4.05. The molecule has 4 aromatic rings. The van der Waals surface area contributed by atoms with E-state index in [1.807, 2.05) is 13.8 Å². The molecule has 0 bridgehead atoms. The second kappa shape index (κ2) is 9.90. The molecule has 0 atom stereocenters. The van der Waals surface area contributed by atoms with Gasteiger partial charge in [0.1, 0.15) is 0 Å². The summed E-state index contributed by atoms with van der Waals surface area (Å²) in [6, 6.07) is 11.9. The summed E-state index contributed by atoms with van der Waals surface area (Å²) in [5.74, 6) is 0.392. The van der Waals surface area contributed by atoms with E-state index < -0.39 is 9.85 Å². The first-order valence-corrected chi connectivity index (χ1v) is 11.8. The fraction of sp³-hybridized carbons (Fsp3) is 0.280. The lowest BCUT2D eigenvalue weighted by Crippen LogP contribution is -2.19. The van der Waals surface area contributed by atoms with E-state index in [1.165, 1.54) is 28.8 Å². The van der Waals surface area contributed by atoms with Crippen LogP contribution in [-0.2, 0) is 13.1 Å². The summed E-state index contributed by atoms with van der Waals surface area (Å²) in [5.41, 5.74) is 2.17. The molecule has 186 valence electrons. The summed E-state index contributed by atoms with van der Waals surface area (Å²) in [6.45, 7) is 4.79. The van der Waals surface area contributed by atoms with Crippen LogP contribution in [0.1, 0.15) is 38.2 Å². The van der Waals surface area contributed by atoms with Crippen molar-refractivity contribution in [3.8, 4) is 0 Å². The second-order valence-electron chi connectivity index (χ2n) is 8.45. The molecule has 1 aliphatic rings. The van der Waals surface area contributed by atoms with Crippen molar-refractivity contribution in [2.75, 3.05) is 0 Å². The number of benzene rings is 2. The van der Waals surface area contributed by atoms with Gasteiger partial charge in [0.15, 0.2) is 0 Å². The van der Waals surface area contributed by atoms with Crippen LogP contribution in [0.2, 0.25) is 5.02 Å². The summed E-state index contributed by atoms with van der Waals surface area (Å²) in [6.07, 6.45) is 2.13. The summed E-state index contributed by atoms with van der Waals surface area (Å²) < 4.78 is 3.18. The minimum Gasteiger partial charge on any atom is -0.309 e. The maximum absolute atomic E-state index is 12.1. The van der Waals surface area contributed by atoms with E-state index in [4.69, 9.17) is 11.6 Å². The fourth-order valence-corrected chi connectivity index (χ4v) is 4.59. The molecular formula is C25H23ClN4O6. The molecule has 5 rings (SSSR count). The lowest BCUT2D eigenvalue weighted by Gasteiger charge is -2.11. The number of non-ortho nitro benzene ring substituents is 2. The van der Waals surface area contributed by atoms with Crippen LogP contribution in [0.4, 0.5) is 11.4 Å². The zero-order chi connectivity index (χ0) is 26.1. The fourth-order valence-electron chi connectivity index (χ4n) is 4.34. The topological polar surface area (TPSA) is 130 Å². The van der Waals surface area contributed by atoms with Gasteiger partial charge in [0.2, 0.25) is 0 Å². The Bertz CT molecular complexity index is 1640. The van der Waals surface area contributed by atoms with E-state index in [0.29, 0.717) is 29.9 Å². The quantitative estimate of drug-likeness (QED) is 0.261.